The molecular formula is C13H15NO2. The van der Waals surface area contributed by atoms with Gasteiger partial charge in [-0.1, -0.05) is 12.7 Å². The average Bonchev–Trinajstić information content (AvgIpc) is 3.12. The van der Waals surface area contributed by atoms with E-state index >= 15 is 0 Å². The zero-order valence-electron chi connectivity index (χ0n) is 9.32. The summed E-state index contributed by atoms with van der Waals surface area (Å²) in [4.78, 5) is 11.8. The Balaban J connectivity index is 2.23. The lowest BCUT2D eigenvalue weighted by molar-refractivity contribution is 0.0950. The number of ether oxygens (including phenoxy) is 1. The van der Waals surface area contributed by atoms with Crippen molar-refractivity contribution in [3.05, 3.63) is 35.9 Å². The van der Waals surface area contributed by atoms with E-state index in [-0.39, 0.29) is 5.91 Å². The van der Waals surface area contributed by atoms with Crippen molar-refractivity contribution in [2.45, 2.75) is 18.9 Å². The Morgan fingerprint density at radius 2 is 2.25 bits per heavy atom. The Morgan fingerprint density at radius 3 is 2.81 bits per heavy atom. The number of carbonyl (C=O) groups excluding carboxylic acids is 1. The molecule has 16 heavy (non-hydrogen) atoms. The van der Waals surface area contributed by atoms with E-state index in [0.717, 1.165) is 18.4 Å². The largest absolute Gasteiger partial charge is 0.497 e. The molecule has 0 unspecified atom stereocenters. The SMILES string of the molecule is C=Cc1cc(OC)cc(C(=O)NC2CC2)c1. The van der Waals surface area contributed by atoms with E-state index in [4.69, 9.17) is 4.74 Å². The number of amides is 1. The van der Waals surface area contributed by atoms with Crippen molar-refractivity contribution >= 4 is 12.0 Å². The molecule has 0 saturated heterocycles. The molecule has 1 aliphatic carbocycles. The molecule has 3 heteroatoms. The first-order chi connectivity index (χ1) is 7.72. The van der Waals surface area contributed by atoms with Crippen molar-refractivity contribution in [1.29, 1.82) is 0 Å². The summed E-state index contributed by atoms with van der Waals surface area (Å²) in [5.41, 5.74) is 1.52. The Bertz CT molecular complexity index is 422. The lowest BCUT2D eigenvalue weighted by Crippen LogP contribution is -2.25. The zero-order valence-corrected chi connectivity index (χ0v) is 9.32. The predicted octanol–water partition coefficient (Wildman–Crippen LogP) is 2.23. The van der Waals surface area contributed by atoms with Crippen molar-refractivity contribution in [3.63, 3.8) is 0 Å². The predicted molar refractivity (Wildman–Crippen MR) is 63.6 cm³/mol. The molecular weight excluding hydrogens is 202 g/mol. The van der Waals surface area contributed by atoms with Crippen LogP contribution in [0.15, 0.2) is 24.8 Å². The van der Waals surface area contributed by atoms with Crippen LogP contribution < -0.4 is 10.1 Å². The van der Waals surface area contributed by atoms with Gasteiger partial charge in [-0.3, -0.25) is 4.79 Å². The van der Waals surface area contributed by atoms with Crippen molar-refractivity contribution < 1.29 is 9.53 Å². The number of hydrogen-bond donors (Lipinski definition) is 1. The third-order valence-electron chi connectivity index (χ3n) is 2.58. The van der Waals surface area contributed by atoms with Crippen LogP contribution in [-0.2, 0) is 0 Å². The summed E-state index contributed by atoms with van der Waals surface area (Å²) in [6.45, 7) is 3.69. The van der Waals surface area contributed by atoms with E-state index in [9.17, 15) is 4.79 Å². The number of nitrogens with one attached hydrogen (secondary N) is 1. The molecule has 0 atom stereocenters. The minimum Gasteiger partial charge on any atom is -0.497 e. The lowest BCUT2D eigenvalue weighted by atomic mass is 10.1. The smallest absolute Gasteiger partial charge is 0.251 e. The molecule has 0 radical (unpaired) electrons. The normalized spacial score (nSPS) is 14.3. The van der Waals surface area contributed by atoms with Crippen molar-refractivity contribution in [1.82, 2.24) is 5.32 Å². The fourth-order valence-corrected chi connectivity index (χ4v) is 1.49. The fraction of sp³-hybridized carbons (Fsp3) is 0.308. The van der Waals surface area contributed by atoms with Gasteiger partial charge in [0.2, 0.25) is 0 Å². The Hall–Kier alpha value is -1.77. The van der Waals surface area contributed by atoms with Gasteiger partial charge in [-0.05, 0) is 36.6 Å². The topological polar surface area (TPSA) is 38.3 Å². The Kier molecular flexibility index (Phi) is 2.95. The van der Waals surface area contributed by atoms with Gasteiger partial charge in [-0.2, -0.15) is 0 Å². The molecule has 1 N–H and O–H groups in total. The van der Waals surface area contributed by atoms with E-state index in [1.807, 2.05) is 12.1 Å². The quantitative estimate of drug-likeness (QED) is 0.839. The van der Waals surface area contributed by atoms with Crippen LogP contribution in [0.1, 0.15) is 28.8 Å². The first-order valence-electron chi connectivity index (χ1n) is 5.35. The van der Waals surface area contributed by atoms with Gasteiger partial charge in [0.05, 0.1) is 7.11 Å². The molecule has 1 aromatic rings. The molecule has 1 fully saturated rings. The second-order valence-electron chi connectivity index (χ2n) is 3.95. The maximum absolute atomic E-state index is 11.8. The van der Waals surface area contributed by atoms with Crippen LogP contribution in [0.3, 0.4) is 0 Å². The van der Waals surface area contributed by atoms with Gasteiger partial charge in [-0.25, -0.2) is 0 Å². The monoisotopic (exact) mass is 217 g/mol. The van der Waals surface area contributed by atoms with Crippen molar-refractivity contribution in [3.8, 4) is 5.75 Å². The van der Waals surface area contributed by atoms with Gasteiger partial charge in [0, 0.05) is 11.6 Å². The molecule has 0 aliphatic heterocycles. The van der Waals surface area contributed by atoms with Gasteiger partial charge in [-0.15, -0.1) is 0 Å². The Morgan fingerprint density at radius 1 is 1.50 bits per heavy atom. The summed E-state index contributed by atoms with van der Waals surface area (Å²) >= 11 is 0. The van der Waals surface area contributed by atoms with E-state index in [2.05, 4.69) is 11.9 Å². The van der Waals surface area contributed by atoms with E-state index in [1.54, 1.807) is 19.3 Å². The molecule has 0 aromatic heterocycles. The highest BCUT2D eigenvalue weighted by Crippen LogP contribution is 2.21. The minimum absolute atomic E-state index is 0.0375. The summed E-state index contributed by atoms with van der Waals surface area (Å²) in [6.07, 6.45) is 3.88. The zero-order chi connectivity index (χ0) is 11.5. The highest BCUT2D eigenvalue weighted by molar-refractivity contribution is 5.95. The lowest BCUT2D eigenvalue weighted by Gasteiger charge is -2.07. The number of benzene rings is 1. The van der Waals surface area contributed by atoms with Crippen LogP contribution in [-0.4, -0.2) is 19.1 Å². The highest BCUT2D eigenvalue weighted by Gasteiger charge is 2.24. The molecule has 0 spiro atoms. The summed E-state index contributed by atoms with van der Waals surface area (Å²) in [5.74, 6) is 0.642. The number of hydrogen-bond acceptors (Lipinski definition) is 2. The van der Waals surface area contributed by atoms with E-state index in [1.165, 1.54) is 0 Å². The van der Waals surface area contributed by atoms with Gasteiger partial charge in [0.1, 0.15) is 5.75 Å². The number of methoxy groups -OCH3 is 1. The van der Waals surface area contributed by atoms with Crippen LogP contribution >= 0.6 is 0 Å². The first-order valence-corrected chi connectivity index (χ1v) is 5.35. The second kappa shape index (κ2) is 4.39. The molecule has 0 bridgehead atoms. The second-order valence-corrected chi connectivity index (χ2v) is 3.95. The fourth-order valence-electron chi connectivity index (χ4n) is 1.49. The highest BCUT2D eigenvalue weighted by atomic mass is 16.5. The molecule has 3 nitrogen and oxygen atoms in total. The molecule has 84 valence electrons. The summed E-state index contributed by atoms with van der Waals surface area (Å²) in [5, 5.41) is 2.94. The molecule has 1 aromatic carbocycles. The molecule has 1 aliphatic rings. The van der Waals surface area contributed by atoms with Gasteiger partial charge in [0.15, 0.2) is 0 Å². The van der Waals surface area contributed by atoms with Gasteiger partial charge in [0.25, 0.3) is 5.91 Å². The van der Waals surface area contributed by atoms with E-state index < -0.39 is 0 Å². The third-order valence-corrected chi connectivity index (χ3v) is 2.58. The van der Waals surface area contributed by atoms with Crippen LogP contribution in [0.25, 0.3) is 6.08 Å². The van der Waals surface area contributed by atoms with Crippen LogP contribution in [0, 0.1) is 0 Å². The van der Waals surface area contributed by atoms with Crippen molar-refractivity contribution in [2.24, 2.45) is 0 Å². The van der Waals surface area contributed by atoms with Crippen LogP contribution in [0.2, 0.25) is 0 Å². The standard InChI is InChI=1S/C13H15NO2/c1-3-9-6-10(8-12(7-9)16-2)13(15)14-11-4-5-11/h3,6-8,11H,1,4-5H2,2H3,(H,14,15). The van der Waals surface area contributed by atoms with Crippen LogP contribution in [0.4, 0.5) is 0 Å². The summed E-state index contributed by atoms with van der Waals surface area (Å²) in [6, 6.07) is 5.77. The maximum atomic E-state index is 11.8. The van der Waals surface area contributed by atoms with Gasteiger partial charge >= 0.3 is 0 Å². The molecule has 1 amide bonds. The molecule has 0 heterocycles. The van der Waals surface area contributed by atoms with Crippen molar-refractivity contribution in [2.75, 3.05) is 7.11 Å². The third kappa shape index (κ3) is 2.42. The van der Waals surface area contributed by atoms with Gasteiger partial charge < -0.3 is 10.1 Å². The van der Waals surface area contributed by atoms with Crippen LogP contribution in [0.5, 0.6) is 5.75 Å². The average molecular weight is 217 g/mol. The minimum atomic E-state index is -0.0375. The molecule has 2 rings (SSSR count). The molecule has 1 saturated carbocycles. The maximum Gasteiger partial charge on any atom is 0.251 e. The Labute approximate surface area is 95.1 Å². The number of rotatable bonds is 4. The first kappa shape index (κ1) is 10.7. The summed E-state index contributed by atoms with van der Waals surface area (Å²) < 4.78 is 5.14. The summed E-state index contributed by atoms with van der Waals surface area (Å²) in [7, 11) is 1.59. The number of carbonyl (C=O) groups is 1. The van der Waals surface area contributed by atoms with E-state index in [0.29, 0.717) is 17.4 Å².